The Balaban J connectivity index is 1.84. The molecule has 2 aromatic carbocycles. The van der Waals surface area contributed by atoms with E-state index in [2.05, 4.69) is 33.0 Å². The number of phenols is 1. The highest BCUT2D eigenvalue weighted by molar-refractivity contribution is 6.31. The van der Waals surface area contributed by atoms with E-state index < -0.39 is 0 Å². The second-order valence-electron chi connectivity index (χ2n) is 10.5. The summed E-state index contributed by atoms with van der Waals surface area (Å²) < 4.78 is 0. The van der Waals surface area contributed by atoms with Crippen LogP contribution >= 0.6 is 0 Å². The van der Waals surface area contributed by atoms with E-state index in [4.69, 9.17) is 0 Å². The van der Waals surface area contributed by atoms with E-state index in [9.17, 15) is 14.7 Å². The molecule has 0 atom stereocenters. The molecule has 2 aromatic rings. The number of hydrogen-bond acceptors (Lipinski definition) is 4. The van der Waals surface area contributed by atoms with Gasteiger partial charge in [0.2, 0.25) is 0 Å². The zero-order valence-electron chi connectivity index (χ0n) is 21.4. The third kappa shape index (κ3) is 6.28. The van der Waals surface area contributed by atoms with Crippen LogP contribution in [0.5, 0.6) is 5.75 Å². The maximum absolute atomic E-state index is 13.4. The Labute approximate surface area is 205 Å². The number of ketones is 2. The molecule has 0 saturated heterocycles. The molecule has 4 nitrogen and oxygen atoms in total. The lowest BCUT2D eigenvalue weighted by atomic mass is 9.81. The highest BCUT2D eigenvalue weighted by Crippen LogP contribution is 2.40. The SMILES string of the molecule is CC(C)CCCCCNc1cc(CCCCCC(C)C)c(O)c2c1C(=O)c1ccccc1C2=O. The number of unbranched alkanes of at least 4 members (excludes halogenated alkanes) is 4. The van der Waals surface area contributed by atoms with Gasteiger partial charge in [-0.05, 0) is 42.7 Å². The lowest BCUT2D eigenvalue weighted by Crippen LogP contribution is -2.23. The molecule has 1 aliphatic rings. The van der Waals surface area contributed by atoms with Crippen LogP contribution in [0.2, 0.25) is 0 Å². The molecule has 0 aromatic heterocycles. The van der Waals surface area contributed by atoms with Crippen molar-refractivity contribution in [3.63, 3.8) is 0 Å². The number of aryl methyl sites for hydroxylation is 1. The Kier molecular flexibility index (Phi) is 9.32. The van der Waals surface area contributed by atoms with Crippen LogP contribution in [0, 0.1) is 11.8 Å². The summed E-state index contributed by atoms with van der Waals surface area (Å²) in [4.78, 5) is 26.8. The fraction of sp³-hybridized carbons (Fsp3) is 0.533. The van der Waals surface area contributed by atoms with E-state index in [1.54, 1.807) is 24.3 Å². The minimum atomic E-state index is -0.260. The molecule has 0 spiro atoms. The first-order valence-corrected chi connectivity index (χ1v) is 13.1. The molecular formula is C30H41NO3. The van der Waals surface area contributed by atoms with Gasteiger partial charge in [0.15, 0.2) is 11.6 Å². The summed E-state index contributed by atoms with van der Waals surface area (Å²) in [6.07, 6.45) is 9.65. The third-order valence-corrected chi connectivity index (χ3v) is 6.75. The van der Waals surface area contributed by atoms with Crippen molar-refractivity contribution >= 4 is 17.3 Å². The number of hydrogen-bond donors (Lipinski definition) is 2. The standard InChI is InChI=1S/C30H41NO3/c1-20(2)13-7-5-9-15-22-19-25(31-18-12-6-8-14-21(3)4)26-27(28(22)32)30(34)24-17-11-10-16-23(24)29(26)33/h10-11,16-17,19-21,31-32H,5-9,12-15,18H2,1-4H3. The van der Waals surface area contributed by atoms with E-state index >= 15 is 0 Å². The van der Waals surface area contributed by atoms with E-state index in [-0.39, 0.29) is 22.9 Å². The van der Waals surface area contributed by atoms with Crippen LogP contribution in [0.15, 0.2) is 30.3 Å². The third-order valence-electron chi connectivity index (χ3n) is 6.75. The quantitative estimate of drug-likeness (QED) is 0.203. The van der Waals surface area contributed by atoms with Crippen LogP contribution in [0.3, 0.4) is 0 Å². The van der Waals surface area contributed by atoms with Crippen molar-refractivity contribution in [1.29, 1.82) is 0 Å². The summed E-state index contributed by atoms with van der Waals surface area (Å²) in [6, 6.07) is 8.83. The van der Waals surface area contributed by atoms with E-state index in [0.717, 1.165) is 44.2 Å². The summed E-state index contributed by atoms with van der Waals surface area (Å²) in [6.45, 7) is 9.69. The summed E-state index contributed by atoms with van der Waals surface area (Å²) in [5, 5.41) is 14.6. The van der Waals surface area contributed by atoms with Gasteiger partial charge in [-0.25, -0.2) is 0 Å². The van der Waals surface area contributed by atoms with Crippen LogP contribution in [0.1, 0.15) is 116 Å². The normalized spacial score (nSPS) is 12.9. The van der Waals surface area contributed by atoms with Crippen molar-refractivity contribution in [2.45, 2.75) is 85.5 Å². The molecule has 0 fully saturated rings. The molecule has 184 valence electrons. The van der Waals surface area contributed by atoms with Gasteiger partial charge in [-0.15, -0.1) is 0 Å². The van der Waals surface area contributed by atoms with E-state index in [1.807, 2.05) is 6.07 Å². The largest absolute Gasteiger partial charge is 0.507 e. The Bertz CT molecular complexity index is 1010. The molecule has 0 unspecified atom stereocenters. The predicted octanol–water partition coefficient (Wildman–Crippen LogP) is 7.55. The molecule has 3 rings (SSSR count). The highest BCUT2D eigenvalue weighted by atomic mass is 16.3. The van der Waals surface area contributed by atoms with Crippen LogP contribution in [0.25, 0.3) is 0 Å². The number of aromatic hydroxyl groups is 1. The summed E-state index contributed by atoms with van der Waals surface area (Å²) in [5.41, 5.74) is 2.73. The highest BCUT2D eigenvalue weighted by Gasteiger charge is 2.35. The first-order chi connectivity index (χ1) is 16.3. The zero-order chi connectivity index (χ0) is 24.7. The van der Waals surface area contributed by atoms with Gasteiger partial charge in [-0.2, -0.15) is 0 Å². The van der Waals surface area contributed by atoms with Crippen LogP contribution in [0.4, 0.5) is 5.69 Å². The molecule has 0 heterocycles. The Morgan fingerprint density at radius 2 is 1.32 bits per heavy atom. The number of phenolic OH excluding ortho intramolecular Hbond substituents is 1. The van der Waals surface area contributed by atoms with Crippen LogP contribution < -0.4 is 5.32 Å². The predicted molar refractivity (Wildman–Crippen MR) is 140 cm³/mol. The van der Waals surface area contributed by atoms with Gasteiger partial charge in [-0.1, -0.05) is 90.5 Å². The van der Waals surface area contributed by atoms with Gasteiger partial charge >= 0.3 is 0 Å². The van der Waals surface area contributed by atoms with Gasteiger partial charge in [0.05, 0.1) is 11.1 Å². The first-order valence-electron chi connectivity index (χ1n) is 13.1. The molecule has 0 aliphatic heterocycles. The number of carbonyl (C=O) groups is 2. The van der Waals surface area contributed by atoms with Gasteiger partial charge in [0.1, 0.15) is 5.75 Å². The van der Waals surface area contributed by atoms with Crippen molar-refractivity contribution in [3.8, 4) is 5.75 Å². The minimum absolute atomic E-state index is 0.0193. The summed E-state index contributed by atoms with van der Waals surface area (Å²) in [5.74, 6) is 0.936. The number of nitrogens with one attached hydrogen (secondary N) is 1. The van der Waals surface area contributed by atoms with Gasteiger partial charge in [0, 0.05) is 23.4 Å². The number of carbonyl (C=O) groups excluding carboxylic acids is 2. The van der Waals surface area contributed by atoms with Crippen molar-refractivity contribution in [2.75, 3.05) is 11.9 Å². The summed E-state index contributed by atoms with van der Waals surface area (Å²) >= 11 is 0. The Hall–Kier alpha value is -2.62. The van der Waals surface area contributed by atoms with Gasteiger partial charge in [-0.3, -0.25) is 9.59 Å². The molecular weight excluding hydrogens is 422 g/mol. The number of rotatable bonds is 13. The molecule has 0 bridgehead atoms. The average molecular weight is 464 g/mol. The molecule has 1 aliphatic carbocycles. The fourth-order valence-corrected chi connectivity index (χ4v) is 4.79. The van der Waals surface area contributed by atoms with Gasteiger partial charge in [0.25, 0.3) is 0 Å². The number of anilines is 1. The Morgan fingerprint density at radius 1 is 0.765 bits per heavy atom. The second-order valence-corrected chi connectivity index (χ2v) is 10.5. The maximum Gasteiger partial charge on any atom is 0.198 e. The monoisotopic (exact) mass is 463 g/mol. The summed E-state index contributed by atoms with van der Waals surface area (Å²) in [7, 11) is 0. The second kappa shape index (κ2) is 12.2. The Morgan fingerprint density at radius 3 is 1.91 bits per heavy atom. The topological polar surface area (TPSA) is 66.4 Å². The van der Waals surface area contributed by atoms with Crippen LogP contribution in [-0.4, -0.2) is 23.2 Å². The molecule has 4 heteroatoms. The fourth-order valence-electron chi connectivity index (χ4n) is 4.79. The zero-order valence-corrected chi connectivity index (χ0v) is 21.4. The lowest BCUT2D eigenvalue weighted by molar-refractivity contribution is 0.0977. The van der Waals surface area contributed by atoms with E-state index in [0.29, 0.717) is 40.6 Å². The molecule has 0 saturated carbocycles. The molecule has 34 heavy (non-hydrogen) atoms. The van der Waals surface area contributed by atoms with Gasteiger partial charge < -0.3 is 10.4 Å². The molecule has 0 amide bonds. The van der Waals surface area contributed by atoms with Crippen molar-refractivity contribution < 1.29 is 14.7 Å². The van der Waals surface area contributed by atoms with Crippen molar-refractivity contribution in [3.05, 3.63) is 58.1 Å². The first kappa shape index (κ1) is 26.0. The maximum atomic E-state index is 13.4. The molecule has 0 radical (unpaired) electrons. The van der Waals surface area contributed by atoms with E-state index in [1.165, 1.54) is 19.3 Å². The lowest BCUT2D eigenvalue weighted by Gasteiger charge is -2.23. The smallest absolute Gasteiger partial charge is 0.198 e. The van der Waals surface area contributed by atoms with Crippen molar-refractivity contribution in [1.82, 2.24) is 0 Å². The number of fused-ring (bicyclic) bond motifs is 2. The number of benzene rings is 2. The molecule has 2 N–H and O–H groups in total. The minimum Gasteiger partial charge on any atom is -0.507 e. The van der Waals surface area contributed by atoms with Crippen molar-refractivity contribution in [2.24, 2.45) is 11.8 Å². The van der Waals surface area contributed by atoms with Crippen LogP contribution in [-0.2, 0) is 6.42 Å². The average Bonchev–Trinajstić information content (AvgIpc) is 2.80.